The Hall–Kier alpha value is -3.59. The SMILES string of the molecule is COc1ccc(N/C=C(\C#N)C(=O)NC(=O)Cc2ccccc2)cc1. The number of benzene rings is 2. The zero-order valence-electron chi connectivity index (χ0n) is 13.7. The molecule has 0 heterocycles. The fourth-order valence-electron chi connectivity index (χ4n) is 2.01. The quantitative estimate of drug-likeness (QED) is 0.625. The second-order valence-electron chi connectivity index (χ2n) is 5.08. The van der Waals surface area contributed by atoms with Gasteiger partial charge >= 0.3 is 0 Å². The molecule has 0 spiro atoms. The zero-order chi connectivity index (χ0) is 18.1. The molecule has 2 aromatic rings. The number of nitriles is 1. The lowest BCUT2D eigenvalue weighted by molar-refractivity contribution is -0.127. The van der Waals surface area contributed by atoms with Crippen LogP contribution in [0.2, 0.25) is 0 Å². The van der Waals surface area contributed by atoms with E-state index in [1.165, 1.54) is 6.20 Å². The van der Waals surface area contributed by atoms with Crippen LogP contribution in [0.3, 0.4) is 0 Å². The van der Waals surface area contributed by atoms with Crippen molar-refractivity contribution >= 4 is 17.5 Å². The van der Waals surface area contributed by atoms with Crippen LogP contribution in [0.1, 0.15) is 5.56 Å². The molecule has 2 aromatic carbocycles. The van der Waals surface area contributed by atoms with Crippen molar-refractivity contribution in [1.29, 1.82) is 5.26 Å². The van der Waals surface area contributed by atoms with Crippen LogP contribution >= 0.6 is 0 Å². The fourth-order valence-corrected chi connectivity index (χ4v) is 2.01. The second-order valence-corrected chi connectivity index (χ2v) is 5.08. The molecule has 6 heteroatoms. The maximum Gasteiger partial charge on any atom is 0.270 e. The monoisotopic (exact) mass is 335 g/mol. The number of nitrogens with zero attached hydrogens (tertiary/aromatic N) is 1. The van der Waals surface area contributed by atoms with Crippen LogP contribution in [0.25, 0.3) is 0 Å². The summed E-state index contributed by atoms with van der Waals surface area (Å²) in [5.41, 5.74) is 1.26. The molecule has 0 saturated carbocycles. The molecule has 0 unspecified atom stereocenters. The van der Waals surface area contributed by atoms with Crippen LogP contribution < -0.4 is 15.4 Å². The highest BCUT2D eigenvalue weighted by atomic mass is 16.5. The molecule has 2 rings (SSSR count). The van der Waals surface area contributed by atoms with E-state index in [0.717, 1.165) is 5.56 Å². The van der Waals surface area contributed by atoms with E-state index in [0.29, 0.717) is 11.4 Å². The zero-order valence-corrected chi connectivity index (χ0v) is 13.7. The highest BCUT2D eigenvalue weighted by Crippen LogP contribution is 2.15. The Morgan fingerprint density at radius 1 is 1.12 bits per heavy atom. The lowest BCUT2D eigenvalue weighted by Gasteiger charge is -2.05. The lowest BCUT2D eigenvalue weighted by atomic mass is 10.1. The van der Waals surface area contributed by atoms with Gasteiger partial charge in [-0.3, -0.25) is 14.9 Å². The number of rotatable bonds is 6. The fraction of sp³-hybridized carbons (Fsp3) is 0.105. The molecule has 0 saturated heterocycles. The topological polar surface area (TPSA) is 91.2 Å². The van der Waals surface area contributed by atoms with Crippen LogP contribution in [0.5, 0.6) is 5.75 Å². The van der Waals surface area contributed by atoms with Gasteiger partial charge in [0, 0.05) is 11.9 Å². The van der Waals surface area contributed by atoms with Gasteiger partial charge in [-0.15, -0.1) is 0 Å². The number of amides is 2. The van der Waals surface area contributed by atoms with Crippen LogP contribution in [0.15, 0.2) is 66.4 Å². The molecule has 0 fully saturated rings. The molecule has 6 nitrogen and oxygen atoms in total. The van der Waals surface area contributed by atoms with Crippen molar-refractivity contribution in [1.82, 2.24) is 5.32 Å². The first-order valence-corrected chi connectivity index (χ1v) is 7.51. The highest BCUT2D eigenvalue weighted by Gasteiger charge is 2.13. The van der Waals surface area contributed by atoms with Gasteiger partial charge in [0.2, 0.25) is 5.91 Å². The van der Waals surface area contributed by atoms with Crippen LogP contribution in [0, 0.1) is 11.3 Å². The molecule has 126 valence electrons. The molecule has 2 amide bonds. The van der Waals surface area contributed by atoms with Crippen molar-refractivity contribution in [3.63, 3.8) is 0 Å². The Morgan fingerprint density at radius 2 is 1.80 bits per heavy atom. The minimum atomic E-state index is -0.746. The number of ether oxygens (including phenoxy) is 1. The molecule has 0 radical (unpaired) electrons. The Morgan fingerprint density at radius 3 is 2.40 bits per heavy atom. The summed E-state index contributed by atoms with van der Waals surface area (Å²) in [5.74, 6) is -0.523. The predicted octanol–water partition coefficient (Wildman–Crippen LogP) is 2.40. The lowest BCUT2D eigenvalue weighted by Crippen LogP contribution is -2.32. The van der Waals surface area contributed by atoms with E-state index in [4.69, 9.17) is 10.00 Å². The van der Waals surface area contributed by atoms with E-state index in [1.54, 1.807) is 49.6 Å². The summed E-state index contributed by atoms with van der Waals surface area (Å²) >= 11 is 0. The molecule has 0 aliphatic rings. The summed E-state index contributed by atoms with van der Waals surface area (Å²) in [7, 11) is 1.56. The molecule has 0 atom stereocenters. The van der Waals surface area contributed by atoms with E-state index in [2.05, 4.69) is 10.6 Å². The van der Waals surface area contributed by atoms with Crippen LogP contribution in [-0.2, 0) is 16.0 Å². The standard InChI is InChI=1S/C19H17N3O3/c1-25-17-9-7-16(8-10-17)21-13-15(12-20)19(24)22-18(23)11-14-5-3-2-4-6-14/h2-10,13,21H,11H2,1H3,(H,22,23,24)/b15-13+. The number of anilines is 1. The van der Waals surface area contributed by atoms with Crippen molar-refractivity contribution in [3.8, 4) is 11.8 Å². The van der Waals surface area contributed by atoms with E-state index in [-0.39, 0.29) is 12.0 Å². The van der Waals surface area contributed by atoms with Gasteiger partial charge in [0.25, 0.3) is 5.91 Å². The maximum absolute atomic E-state index is 12.0. The van der Waals surface area contributed by atoms with Gasteiger partial charge in [-0.1, -0.05) is 30.3 Å². The molecule has 0 bridgehead atoms. The van der Waals surface area contributed by atoms with E-state index in [1.807, 2.05) is 18.2 Å². The maximum atomic E-state index is 12.0. The average Bonchev–Trinajstić information content (AvgIpc) is 2.63. The summed E-state index contributed by atoms with van der Waals surface area (Å²) in [4.78, 5) is 23.9. The number of methoxy groups -OCH3 is 1. The molecular formula is C19H17N3O3. The minimum absolute atomic E-state index is 0.0667. The Kier molecular flexibility index (Phi) is 6.32. The van der Waals surface area contributed by atoms with Gasteiger partial charge in [0.1, 0.15) is 17.4 Å². The summed E-state index contributed by atoms with van der Waals surface area (Å²) < 4.78 is 5.05. The molecule has 0 aliphatic heterocycles. The number of hydrogen-bond donors (Lipinski definition) is 2. The third-order valence-corrected chi connectivity index (χ3v) is 3.30. The third kappa shape index (κ3) is 5.52. The molecule has 25 heavy (non-hydrogen) atoms. The number of imide groups is 1. The predicted molar refractivity (Wildman–Crippen MR) is 93.6 cm³/mol. The van der Waals surface area contributed by atoms with Crippen molar-refractivity contribution in [2.24, 2.45) is 0 Å². The second kappa shape index (κ2) is 8.89. The van der Waals surface area contributed by atoms with Crippen molar-refractivity contribution < 1.29 is 14.3 Å². The molecular weight excluding hydrogens is 318 g/mol. The normalized spacial score (nSPS) is 10.5. The third-order valence-electron chi connectivity index (χ3n) is 3.30. The number of carbonyl (C=O) groups is 2. The van der Waals surface area contributed by atoms with E-state index in [9.17, 15) is 9.59 Å². The van der Waals surface area contributed by atoms with E-state index >= 15 is 0 Å². The number of hydrogen-bond acceptors (Lipinski definition) is 5. The average molecular weight is 335 g/mol. The minimum Gasteiger partial charge on any atom is -0.497 e. The number of carbonyl (C=O) groups excluding carboxylic acids is 2. The Labute approximate surface area is 145 Å². The van der Waals surface area contributed by atoms with Gasteiger partial charge in [-0.2, -0.15) is 5.26 Å². The summed E-state index contributed by atoms with van der Waals surface area (Å²) in [6, 6.07) is 17.8. The van der Waals surface area contributed by atoms with Gasteiger partial charge in [0.15, 0.2) is 0 Å². The summed E-state index contributed by atoms with van der Waals surface area (Å²) in [6.07, 6.45) is 1.32. The van der Waals surface area contributed by atoms with Crippen LogP contribution in [0.4, 0.5) is 5.69 Å². The Bertz CT molecular complexity index is 806. The first kappa shape index (κ1) is 17.8. The van der Waals surface area contributed by atoms with Crippen molar-refractivity contribution in [2.75, 3.05) is 12.4 Å². The number of nitrogens with one attached hydrogen (secondary N) is 2. The first-order chi connectivity index (χ1) is 12.1. The molecule has 0 aromatic heterocycles. The molecule has 0 aliphatic carbocycles. The van der Waals surface area contributed by atoms with Gasteiger partial charge < -0.3 is 10.1 Å². The smallest absolute Gasteiger partial charge is 0.270 e. The Balaban J connectivity index is 1.95. The van der Waals surface area contributed by atoms with Gasteiger partial charge in [0.05, 0.1) is 13.5 Å². The first-order valence-electron chi connectivity index (χ1n) is 7.51. The largest absolute Gasteiger partial charge is 0.497 e. The van der Waals surface area contributed by atoms with Gasteiger partial charge in [-0.25, -0.2) is 0 Å². The summed E-state index contributed by atoms with van der Waals surface area (Å²) in [5, 5.41) is 14.2. The van der Waals surface area contributed by atoms with Crippen molar-refractivity contribution in [3.05, 3.63) is 71.9 Å². The summed E-state index contributed by atoms with van der Waals surface area (Å²) in [6.45, 7) is 0. The van der Waals surface area contributed by atoms with E-state index < -0.39 is 11.8 Å². The van der Waals surface area contributed by atoms with Gasteiger partial charge in [-0.05, 0) is 29.8 Å². The van der Waals surface area contributed by atoms with Crippen LogP contribution in [-0.4, -0.2) is 18.9 Å². The van der Waals surface area contributed by atoms with Crippen molar-refractivity contribution in [2.45, 2.75) is 6.42 Å². The molecule has 2 N–H and O–H groups in total. The highest BCUT2D eigenvalue weighted by molar-refractivity contribution is 6.07.